The minimum absolute atomic E-state index is 0.258. The number of amides is 2. The fourth-order valence-corrected chi connectivity index (χ4v) is 4.39. The van der Waals surface area contributed by atoms with Crippen molar-refractivity contribution in [3.63, 3.8) is 0 Å². The summed E-state index contributed by atoms with van der Waals surface area (Å²) < 4.78 is 13.4. The first kappa shape index (κ1) is 16.6. The van der Waals surface area contributed by atoms with Crippen LogP contribution >= 0.6 is 11.3 Å². The van der Waals surface area contributed by atoms with Crippen LogP contribution in [-0.2, 0) is 12.8 Å². The van der Waals surface area contributed by atoms with Crippen molar-refractivity contribution in [3.8, 4) is 0 Å². The summed E-state index contributed by atoms with van der Waals surface area (Å²) in [6.07, 6.45) is 4.92. The van der Waals surface area contributed by atoms with E-state index in [9.17, 15) is 14.0 Å². The van der Waals surface area contributed by atoms with E-state index in [1.165, 1.54) is 23.5 Å². The summed E-state index contributed by atoms with van der Waals surface area (Å²) in [4.78, 5) is 25.6. The monoisotopic (exact) mass is 346 g/mol. The number of hydrogen-bond donors (Lipinski definition) is 2. The van der Waals surface area contributed by atoms with Crippen LogP contribution in [0.4, 0.5) is 9.39 Å². The van der Waals surface area contributed by atoms with E-state index in [1.807, 2.05) is 0 Å². The van der Waals surface area contributed by atoms with Crippen molar-refractivity contribution in [1.29, 1.82) is 0 Å². The lowest BCUT2D eigenvalue weighted by atomic mass is 10.0. The van der Waals surface area contributed by atoms with E-state index >= 15 is 0 Å². The van der Waals surface area contributed by atoms with E-state index in [4.69, 9.17) is 5.73 Å². The minimum Gasteiger partial charge on any atom is -0.365 e. The molecule has 0 aliphatic heterocycles. The highest BCUT2D eigenvalue weighted by atomic mass is 32.1. The van der Waals surface area contributed by atoms with E-state index in [2.05, 4.69) is 5.32 Å². The van der Waals surface area contributed by atoms with Gasteiger partial charge in [-0.1, -0.05) is 12.5 Å². The zero-order chi connectivity index (χ0) is 17.3. The molecule has 2 aromatic rings. The molecule has 1 heterocycles. The quantitative estimate of drug-likeness (QED) is 0.830. The average Bonchev–Trinajstić information content (AvgIpc) is 2.71. The van der Waals surface area contributed by atoms with Crippen LogP contribution in [0.15, 0.2) is 18.2 Å². The van der Waals surface area contributed by atoms with Gasteiger partial charge in [0.25, 0.3) is 11.8 Å². The van der Waals surface area contributed by atoms with Gasteiger partial charge >= 0.3 is 0 Å². The molecule has 0 saturated heterocycles. The molecule has 1 aromatic carbocycles. The summed E-state index contributed by atoms with van der Waals surface area (Å²) in [7, 11) is 0. The molecule has 0 unspecified atom stereocenters. The van der Waals surface area contributed by atoms with Crippen molar-refractivity contribution in [2.45, 2.75) is 39.0 Å². The number of nitrogens with one attached hydrogen (secondary N) is 1. The highest BCUT2D eigenvalue weighted by molar-refractivity contribution is 7.17. The molecule has 4 nitrogen and oxygen atoms in total. The van der Waals surface area contributed by atoms with Crippen LogP contribution in [0.25, 0.3) is 0 Å². The molecule has 1 aliphatic rings. The number of halogens is 1. The highest BCUT2D eigenvalue weighted by Gasteiger charge is 2.24. The lowest BCUT2D eigenvalue weighted by Crippen LogP contribution is -2.18. The van der Waals surface area contributed by atoms with Gasteiger partial charge < -0.3 is 11.1 Å². The summed E-state index contributed by atoms with van der Waals surface area (Å²) >= 11 is 1.41. The SMILES string of the molecule is Cc1ccc(F)cc1C(=O)Nc1sc2c(c1C(N)=O)CCCCC2. The van der Waals surface area contributed by atoms with Crippen molar-refractivity contribution >= 4 is 28.2 Å². The number of anilines is 1. The van der Waals surface area contributed by atoms with Crippen LogP contribution in [0.2, 0.25) is 0 Å². The molecule has 1 aliphatic carbocycles. The number of nitrogens with two attached hydrogens (primary N) is 1. The fourth-order valence-electron chi connectivity index (χ4n) is 3.10. The molecule has 0 saturated carbocycles. The third-order valence-corrected chi connectivity index (χ3v) is 5.55. The molecule has 6 heteroatoms. The van der Waals surface area contributed by atoms with Gasteiger partial charge in [0.2, 0.25) is 0 Å². The highest BCUT2D eigenvalue weighted by Crippen LogP contribution is 2.37. The second kappa shape index (κ2) is 6.73. The molecule has 2 amide bonds. The first-order valence-electron chi connectivity index (χ1n) is 7.99. The predicted molar refractivity (Wildman–Crippen MR) is 93.2 cm³/mol. The van der Waals surface area contributed by atoms with Crippen LogP contribution in [0.3, 0.4) is 0 Å². The van der Waals surface area contributed by atoms with Crippen LogP contribution < -0.4 is 11.1 Å². The summed E-state index contributed by atoms with van der Waals surface area (Å²) in [5.74, 6) is -1.42. The Kier molecular flexibility index (Phi) is 4.66. The molecule has 1 aromatic heterocycles. The first-order valence-corrected chi connectivity index (χ1v) is 8.81. The summed E-state index contributed by atoms with van der Waals surface area (Å²) in [5, 5.41) is 3.24. The largest absolute Gasteiger partial charge is 0.365 e. The number of hydrogen-bond acceptors (Lipinski definition) is 3. The van der Waals surface area contributed by atoms with Crippen molar-refractivity contribution in [3.05, 3.63) is 51.1 Å². The summed E-state index contributed by atoms with van der Waals surface area (Å²) in [5.41, 5.74) is 7.88. The second-order valence-electron chi connectivity index (χ2n) is 6.05. The molecule has 3 rings (SSSR count). The van der Waals surface area contributed by atoms with Crippen molar-refractivity contribution < 1.29 is 14.0 Å². The standard InChI is InChI=1S/C18H19FN2O2S/c1-10-7-8-11(19)9-13(10)17(23)21-18-15(16(20)22)12-5-3-2-4-6-14(12)24-18/h7-9H,2-6H2,1H3,(H2,20,22)(H,21,23). The molecule has 24 heavy (non-hydrogen) atoms. The van der Waals surface area contributed by atoms with E-state index in [0.717, 1.165) is 42.5 Å². The van der Waals surface area contributed by atoms with Crippen LogP contribution in [0.5, 0.6) is 0 Å². The molecule has 3 N–H and O–H groups in total. The van der Waals surface area contributed by atoms with Crippen molar-refractivity contribution in [1.82, 2.24) is 0 Å². The Bertz CT molecular complexity index is 814. The Morgan fingerprint density at radius 2 is 1.96 bits per heavy atom. The Labute approximate surface area is 143 Å². The summed E-state index contributed by atoms with van der Waals surface area (Å²) in [6.45, 7) is 1.74. The smallest absolute Gasteiger partial charge is 0.256 e. The molecule has 0 bridgehead atoms. The molecule has 0 fully saturated rings. The lowest BCUT2D eigenvalue weighted by Gasteiger charge is -2.08. The third kappa shape index (κ3) is 3.19. The van der Waals surface area contributed by atoms with Gasteiger partial charge in [-0.15, -0.1) is 11.3 Å². The minimum atomic E-state index is -0.527. The van der Waals surface area contributed by atoms with Crippen molar-refractivity contribution in [2.75, 3.05) is 5.32 Å². The molecule has 126 valence electrons. The fraction of sp³-hybridized carbons (Fsp3) is 0.333. The van der Waals surface area contributed by atoms with E-state index in [1.54, 1.807) is 13.0 Å². The summed E-state index contributed by atoms with van der Waals surface area (Å²) in [6, 6.07) is 4.07. The number of rotatable bonds is 3. The second-order valence-corrected chi connectivity index (χ2v) is 7.15. The average molecular weight is 346 g/mol. The molecular formula is C18H19FN2O2S. The molecular weight excluding hydrogens is 327 g/mol. The van der Waals surface area contributed by atoms with Crippen molar-refractivity contribution in [2.24, 2.45) is 5.73 Å². The molecule has 0 atom stereocenters. The van der Waals surface area contributed by atoms with Gasteiger partial charge in [0.15, 0.2) is 0 Å². The predicted octanol–water partition coefficient (Wildman–Crippen LogP) is 3.82. The van der Waals surface area contributed by atoms with Gasteiger partial charge in [-0.05, 0) is 55.9 Å². The number of fused-ring (bicyclic) bond motifs is 1. The maximum Gasteiger partial charge on any atom is 0.256 e. The van der Waals surface area contributed by atoms with E-state index in [0.29, 0.717) is 16.1 Å². The van der Waals surface area contributed by atoms with Gasteiger partial charge in [0.05, 0.1) is 5.56 Å². The molecule has 0 spiro atoms. The Balaban J connectivity index is 1.96. The number of aryl methyl sites for hydroxylation is 2. The number of thiophene rings is 1. The third-order valence-electron chi connectivity index (χ3n) is 4.34. The van der Waals surface area contributed by atoms with Gasteiger partial charge in [-0.2, -0.15) is 0 Å². The zero-order valence-corrected chi connectivity index (χ0v) is 14.3. The van der Waals surface area contributed by atoms with E-state index < -0.39 is 17.6 Å². The van der Waals surface area contributed by atoms with Crippen LogP contribution in [0, 0.1) is 12.7 Å². The van der Waals surface area contributed by atoms with Gasteiger partial charge in [-0.25, -0.2) is 4.39 Å². The number of carbonyl (C=O) groups excluding carboxylic acids is 2. The number of primary amides is 1. The van der Waals surface area contributed by atoms with Gasteiger partial charge in [0.1, 0.15) is 10.8 Å². The van der Waals surface area contributed by atoms with E-state index in [-0.39, 0.29) is 5.56 Å². The maximum atomic E-state index is 13.4. The normalized spacial score (nSPS) is 13.9. The lowest BCUT2D eigenvalue weighted by molar-refractivity contribution is 0.100. The Hall–Kier alpha value is -2.21. The Morgan fingerprint density at radius 1 is 1.21 bits per heavy atom. The Morgan fingerprint density at radius 3 is 2.71 bits per heavy atom. The first-order chi connectivity index (χ1) is 11.5. The number of carbonyl (C=O) groups is 2. The topological polar surface area (TPSA) is 72.2 Å². The van der Waals surface area contributed by atoms with Crippen LogP contribution in [0.1, 0.15) is 56.0 Å². The van der Waals surface area contributed by atoms with Gasteiger partial charge in [0, 0.05) is 10.4 Å². The van der Waals surface area contributed by atoms with Gasteiger partial charge in [-0.3, -0.25) is 9.59 Å². The van der Waals surface area contributed by atoms with Crippen LogP contribution in [-0.4, -0.2) is 11.8 Å². The maximum absolute atomic E-state index is 13.4. The molecule has 0 radical (unpaired) electrons. The zero-order valence-electron chi connectivity index (χ0n) is 13.4. The number of benzene rings is 1.